The second kappa shape index (κ2) is 6.70. The van der Waals surface area contributed by atoms with Gasteiger partial charge in [-0.3, -0.25) is 9.59 Å². The molecule has 1 aromatic rings. The zero-order valence-electron chi connectivity index (χ0n) is 12.1. The van der Waals surface area contributed by atoms with Crippen molar-refractivity contribution in [3.8, 4) is 0 Å². The summed E-state index contributed by atoms with van der Waals surface area (Å²) in [6.07, 6.45) is 1.42. The molecule has 1 unspecified atom stereocenters. The largest absolute Gasteiger partial charge is 0.465 e. The number of anilines is 1. The van der Waals surface area contributed by atoms with Crippen molar-refractivity contribution in [2.24, 2.45) is 11.3 Å². The highest BCUT2D eigenvalue weighted by Crippen LogP contribution is 2.28. The molecule has 0 aliphatic rings. The summed E-state index contributed by atoms with van der Waals surface area (Å²) in [7, 11) is 0. The maximum atomic E-state index is 12.3. The van der Waals surface area contributed by atoms with Crippen molar-refractivity contribution >= 4 is 29.3 Å². The van der Waals surface area contributed by atoms with E-state index in [1.54, 1.807) is 19.1 Å². The van der Waals surface area contributed by atoms with Crippen molar-refractivity contribution in [2.45, 2.75) is 27.7 Å². The molecular formula is C14H19ClN2O3. The summed E-state index contributed by atoms with van der Waals surface area (Å²) in [4.78, 5) is 28.2. The lowest BCUT2D eigenvalue weighted by Crippen LogP contribution is -2.40. The van der Waals surface area contributed by atoms with Gasteiger partial charge in [-0.25, -0.2) is 4.98 Å². The third-order valence-electron chi connectivity index (χ3n) is 2.63. The van der Waals surface area contributed by atoms with E-state index in [4.69, 9.17) is 16.3 Å². The smallest absolute Gasteiger partial charge is 0.319 e. The molecule has 5 nitrogen and oxygen atoms in total. The molecule has 0 saturated heterocycles. The van der Waals surface area contributed by atoms with Crippen LogP contribution in [0.15, 0.2) is 18.3 Å². The van der Waals surface area contributed by atoms with E-state index in [0.717, 1.165) is 0 Å². The number of ether oxygens (including phenoxy) is 1. The maximum absolute atomic E-state index is 12.3. The molecule has 0 aliphatic heterocycles. The number of carbonyl (C=O) groups is 2. The predicted octanol–water partition coefficient (Wildman–Crippen LogP) is 2.90. The second-order valence-electron chi connectivity index (χ2n) is 5.40. The molecule has 1 aromatic heterocycles. The summed E-state index contributed by atoms with van der Waals surface area (Å²) < 4.78 is 4.97. The number of carbonyl (C=O) groups excluding carboxylic acids is 2. The van der Waals surface area contributed by atoms with Gasteiger partial charge in [-0.2, -0.15) is 0 Å². The lowest BCUT2D eigenvalue weighted by atomic mass is 9.80. The van der Waals surface area contributed by atoms with E-state index >= 15 is 0 Å². The molecule has 0 aliphatic carbocycles. The molecular weight excluding hydrogens is 280 g/mol. The van der Waals surface area contributed by atoms with Gasteiger partial charge in [0.1, 0.15) is 11.7 Å². The van der Waals surface area contributed by atoms with E-state index in [2.05, 4.69) is 10.3 Å². The molecule has 1 atom stereocenters. The Hall–Kier alpha value is -1.62. The summed E-state index contributed by atoms with van der Waals surface area (Å²) in [6.45, 7) is 7.37. The van der Waals surface area contributed by atoms with Crippen LogP contribution in [0.25, 0.3) is 0 Å². The number of pyridine rings is 1. The number of hydrogen-bond acceptors (Lipinski definition) is 4. The number of nitrogens with zero attached hydrogens (tertiary/aromatic N) is 1. The monoisotopic (exact) mass is 298 g/mol. The normalized spacial score (nSPS) is 12.7. The highest BCUT2D eigenvalue weighted by atomic mass is 35.5. The first-order valence-electron chi connectivity index (χ1n) is 6.34. The maximum Gasteiger partial charge on any atom is 0.319 e. The van der Waals surface area contributed by atoms with Gasteiger partial charge < -0.3 is 10.1 Å². The number of esters is 1. The van der Waals surface area contributed by atoms with E-state index in [-0.39, 0.29) is 6.61 Å². The van der Waals surface area contributed by atoms with Crippen LogP contribution >= 0.6 is 11.6 Å². The SMILES string of the molecule is CCOC(=O)C(C(=O)Nc1ccc(Cl)cn1)C(C)(C)C. The lowest BCUT2D eigenvalue weighted by Gasteiger charge is -2.27. The molecule has 1 N–H and O–H groups in total. The number of nitrogens with one attached hydrogen (secondary N) is 1. The van der Waals surface area contributed by atoms with E-state index in [0.29, 0.717) is 10.8 Å². The highest BCUT2D eigenvalue weighted by molar-refractivity contribution is 6.30. The molecule has 6 heteroatoms. The van der Waals surface area contributed by atoms with Crippen molar-refractivity contribution in [1.82, 2.24) is 4.98 Å². The summed E-state index contributed by atoms with van der Waals surface area (Å²) in [6, 6.07) is 3.19. The van der Waals surface area contributed by atoms with Crippen molar-refractivity contribution in [1.29, 1.82) is 0 Å². The Bertz CT molecular complexity index is 480. The minimum atomic E-state index is -0.903. The lowest BCUT2D eigenvalue weighted by molar-refractivity contribution is -0.155. The summed E-state index contributed by atoms with van der Waals surface area (Å²) in [5, 5.41) is 3.08. The quantitative estimate of drug-likeness (QED) is 0.685. The molecule has 0 aromatic carbocycles. The zero-order chi connectivity index (χ0) is 15.3. The molecule has 0 bridgehead atoms. The Morgan fingerprint density at radius 2 is 2.05 bits per heavy atom. The van der Waals surface area contributed by atoms with Crippen molar-refractivity contribution in [2.75, 3.05) is 11.9 Å². The van der Waals surface area contributed by atoms with Crippen LogP contribution in [-0.2, 0) is 14.3 Å². The Kier molecular flexibility index (Phi) is 5.51. The van der Waals surface area contributed by atoms with Gasteiger partial charge >= 0.3 is 5.97 Å². The average molecular weight is 299 g/mol. The third-order valence-corrected chi connectivity index (χ3v) is 2.85. The van der Waals surface area contributed by atoms with Gasteiger partial charge in [0.25, 0.3) is 0 Å². The number of halogens is 1. The second-order valence-corrected chi connectivity index (χ2v) is 5.84. The summed E-state index contributed by atoms with van der Waals surface area (Å²) in [5.74, 6) is -1.53. The Balaban J connectivity index is 2.88. The van der Waals surface area contributed by atoms with Gasteiger partial charge in [0.2, 0.25) is 5.91 Å². The van der Waals surface area contributed by atoms with Crippen molar-refractivity contribution in [3.05, 3.63) is 23.4 Å². The molecule has 1 rings (SSSR count). The molecule has 1 amide bonds. The van der Waals surface area contributed by atoms with Crippen LogP contribution < -0.4 is 5.32 Å². The first-order valence-corrected chi connectivity index (χ1v) is 6.72. The van der Waals surface area contributed by atoms with Gasteiger partial charge in [-0.05, 0) is 24.5 Å². The van der Waals surface area contributed by atoms with Gasteiger partial charge in [-0.1, -0.05) is 32.4 Å². The fraction of sp³-hybridized carbons (Fsp3) is 0.500. The molecule has 110 valence electrons. The minimum Gasteiger partial charge on any atom is -0.465 e. The van der Waals surface area contributed by atoms with Crippen molar-refractivity contribution < 1.29 is 14.3 Å². The minimum absolute atomic E-state index is 0.234. The Morgan fingerprint density at radius 1 is 1.40 bits per heavy atom. The van der Waals surface area contributed by atoms with Crippen LogP contribution in [0, 0.1) is 11.3 Å². The van der Waals surface area contributed by atoms with Crippen LogP contribution in [0.4, 0.5) is 5.82 Å². The summed E-state index contributed by atoms with van der Waals surface area (Å²) >= 11 is 5.73. The Morgan fingerprint density at radius 3 is 2.50 bits per heavy atom. The first-order chi connectivity index (χ1) is 9.25. The standard InChI is InChI=1S/C14H19ClN2O3/c1-5-20-13(19)11(14(2,3)4)12(18)17-10-7-6-9(15)8-16-10/h6-8,11H,5H2,1-4H3,(H,16,17,18). The van der Waals surface area contributed by atoms with Gasteiger partial charge in [0.05, 0.1) is 11.6 Å². The topological polar surface area (TPSA) is 68.3 Å². The van der Waals surface area contributed by atoms with E-state index in [9.17, 15) is 9.59 Å². The Labute approximate surface area is 123 Å². The molecule has 20 heavy (non-hydrogen) atoms. The number of amides is 1. The van der Waals surface area contributed by atoms with Gasteiger partial charge in [0, 0.05) is 6.20 Å². The van der Waals surface area contributed by atoms with E-state index in [1.165, 1.54) is 6.20 Å². The van der Waals surface area contributed by atoms with Crippen LogP contribution in [0.5, 0.6) is 0 Å². The first kappa shape index (κ1) is 16.4. The molecule has 0 fully saturated rings. The average Bonchev–Trinajstić information content (AvgIpc) is 2.30. The van der Waals surface area contributed by atoms with E-state index < -0.39 is 23.2 Å². The number of rotatable bonds is 4. The zero-order valence-corrected chi connectivity index (χ0v) is 12.8. The molecule has 1 heterocycles. The number of hydrogen-bond donors (Lipinski definition) is 1. The van der Waals surface area contributed by atoms with Gasteiger partial charge in [-0.15, -0.1) is 0 Å². The summed E-state index contributed by atoms with van der Waals surface area (Å²) in [5.41, 5.74) is -0.553. The predicted molar refractivity (Wildman–Crippen MR) is 77.5 cm³/mol. The number of aromatic nitrogens is 1. The van der Waals surface area contributed by atoms with Crippen molar-refractivity contribution in [3.63, 3.8) is 0 Å². The molecule has 0 saturated carbocycles. The van der Waals surface area contributed by atoms with Crippen LogP contribution in [0.1, 0.15) is 27.7 Å². The van der Waals surface area contributed by atoms with Gasteiger partial charge in [0.15, 0.2) is 0 Å². The van der Waals surface area contributed by atoms with Crippen LogP contribution in [-0.4, -0.2) is 23.5 Å². The van der Waals surface area contributed by atoms with Crippen LogP contribution in [0.3, 0.4) is 0 Å². The third kappa shape index (κ3) is 4.49. The van der Waals surface area contributed by atoms with Crippen LogP contribution in [0.2, 0.25) is 5.02 Å². The molecule has 0 spiro atoms. The highest BCUT2D eigenvalue weighted by Gasteiger charge is 2.39. The van der Waals surface area contributed by atoms with E-state index in [1.807, 2.05) is 20.8 Å². The molecule has 0 radical (unpaired) electrons. The fourth-order valence-electron chi connectivity index (χ4n) is 1.73. The fourth-order valence-corrected chi connectivity index (χ4v) is 1.84.